The van der Waals surface area contributed by atoms with Crippen LogP contribution < -0.4 is 19.5 Å². The van der Waals surface area contributed by atoms with Crippen LogP contribution in [-0.2, 0) is 9.59 Å². The highest BCUT2D eigenvalue weighted by molar-refractivity contribution is 6.46. The van der Waals surface area contributed by atoms with Gasteiger partial charge in [0.2, 0.25) is 5.78 Å². The summed E-state index contributed by atoms with van der Waals surface area (Å²) in [6.07, 6.45) is 0.661. The summed E-state index contributed by atoms with van der Waals surface area (Å²) in [7, 11) is 6.94. The molecule has 1 atom stereocenters. The predicted molar refractivity (Wildman–Crippen MR) is 116 cm³/mol. The van der Waals surface area contributed by atoms with Gasteiger partial charge in [-0.25, -0.2) is 0 Å². The van der Waals surface area contributed by atoms with E-state index in [1.54, 1.807) is 18.2 Å². The third kappa shape index (κ3) is 4.55. The number of nitrogens with zero attached hydrogens (tertiary/aromatic N) is 1. The molecule has 2 aromatic carbocycles. The second kappa shape index (κ2) is 9.74. The summed E-state index contributed by atoms with van der Waals surface area (Å²) in [6, 6.07) is 10.0. The molecule has 1 amide bonds. The zero-order chi connectivity index (χ0) is 23.4. The van der Waals surface area contributed by atoms with Crippen LogP contribution in [0.3, 0.4) is 0 Å². The maximum absolute atomic E-state index is 13.5. The van der Waals surface area contributed by atoms with Crippen molar-refractivity contribution in [1.82, 2.24) is 4.90 Å². The van der Waals surface area contributed by atoms with Gasteiger partial charge in [0.05, 0.1) is 40.9 Å². The molecule has 32 heavy (non-hydrogen) atoms. The maximum atomic E-state index is 13.5. The van der Waals surface area contributed by atoms with Crippen molar-refractivity contribution >= 4 is 17.4 Å². The van der Waals surface area contributed by atoms with E-state index >= 15 is 0 Å². The van der Waals surface area contributed by atoms with Gasteiger partial charge < -0.3 is 29.5 Å². The highest BCUT2D eigenvalue weighted by Gasteiger charge is 2.44. The van der Waals surface area contributed by atoms with E-state index in [1.807, 2.05) is 14.1 Å². The Morgan fingerprint density at radius 3 is 2.44 bits per heavy atom. The number of rotatable bonds is 8. The minimum absolute atomic E-state index is 0.00935. The number of carbonyl (C=O) groups is 2. The molecule has 1 fully saturated rings. The second-order valence-electron chi connectivity index (χ2n) is 7.95. The lowest BCUT2D eigenvalue weighted by Gasteiger charge is -2.28. The fraction of sp³-hybridized carbons (Fsp3) is 0.333. The first kappa shape index (κ1) is 23.1. The number of Topliss-reactive ketones (excluding diaryl/α,β-unsaturated/α-hetero) is 1. The number of aromatic hydroxyl groups is 1. The number of benzene rings is 2. The summed E-state index contributed by atoms with van der Waals surface area (Å²) in [5.74, 6) is -1.31. The lowest BCUT2D eigenvalue weighted by atomic mass is 9.95. The molecule has 8 heteroatoms. The number of ketones is 1. The zero-order valence-electron chi connectivity index (χ0n) is 18.7. The first-order chi connectivity index (χ1) is 15.3. The average Bonchev–Trinajstić information content (AvgIpc) is 3.02. The molecule has 0 spiro atoms. The molecular formula is C24H28N2O6. The third-order valence-corrected chi connectivity index (χ3v) is 5.44. The number of hydrogen-bond acceptors (Lipinski definition) is 6. The number of phenolic OH excluding ortho intramolecular Hbond substituents is 1. The standard InChI is InChI=1S/C24H28N2O6/c1-25(2)11-6-12-26-21(15-7-5-8-17(27)13-15)20(23(29)24(26)30)22(28)16-9-10-18(31-3)19(14-16)32-4/h5,7-10,13-14,21,27-28H,6,11-12H2,1-4H3/b22-20+. The van der Waals surface area contributed by atoms with Crippen LogP contribution in [-0.4, -0.2) is 63.1 Å². The largest absolute Gasteiger partial charge is 0.872 e. The van der Waals surface area contributed by atoms with Gasteiger partial charge in [-0.1, -0.05) is 24.0 Å². The van der Waals surface area contributed by atoms with Crippen molar-refractivity contribution in [2.75, 3.05) is 41.4 Å². The van der Waals surface area contributed by atoms with Crippen molar-refractivity contribution in [3.05, 3.63) is 59.2 Å². The first-order valence-corrected chi connectivity index (χ1v) is 10.3. The summed E-state index contributed by atoms with van der Waals surface area (Å²) in [6.45, 7) is 1.11. The van der Waals surface area contributed by atoms with Gasteiger partial charge in [-0.15, -0.1) is 0 Å². The molecule has 0 aliphatic carbocycles. The van der Waals surface area contributed by atoms with Crippen LogP contribution >= 0.6 is 0 Å². The monoisotopic (exact) mass is 440 g/mol. The average molecular weight is 440 g/mol. The number of carbonyl (C=O) groups excluding carboxylic acids is 2. The van der Waals surface area contributed by atoms with Gasteiger partial charge in [0.25, 0.3) is 5.91 Å². The quantitative estimate of drug-likeness (QED) is 0.345. The summed E-state index contributed by atoms with van der Waals surface area (Å²) >= 11 is 0. The Kier molecular flexibility index (Phi) is 7.05. The molecule has 3 rings (SSSR count). The Morgan fingerprint density at radius 2 is 1.81 bits per heavy atom. The van der Waals surface area contributed by atoms with Gasteiger partial charge in [-0.3, -0.25) is 9.59 Å². The molecule has 1 saturated heterocycles. The number of amides is 1. The minimum atomic E-state index is -0.875. The number of nitrogens with one attached hydrogen (secondary N) is 1. The normalized spacial score (nSPS) is 17.8. The molecule has 1 unspecified atom stereocenters. The van der Waals surface area contributed by atoms with Gasteiger partial charge in [0, 0.05) is 18.5 Å². The topological polar surface area (TPSA) is 104 Å². The van der Waals surface area contributed by atoms with Gasteiger partial charge >= 0.3 is 0 Å². The number of hydrogen-bond donors (Lipinski definition) is 2. The van der Waals surface area contributed by atoms with E-state index in [0.717, 1.165) is 6.54 Å². The van der Waals surface area contributed by atoms with Gasteiger partial charge in [0.1, 0.15) is 5.75 Å². The molecule has 2 N–H and O–H groups in total. The van der Waals surface area contributed by atoms with Crippen molar-refractivity contribution in [1.29, 1.82) is 0 Å². The van der Waals surface area contributed by atoms with Crippen LogP contribution in [0.5, 0.6) is 17.2 Å². The molecule has 2 aromatic rings. The number of methoxy groups -OCH3 is 2. The molecule has 1 heterocycles. The van der Waals surface area contributed by atoms with Gasteiger partial charge in [-0.05, 0) is 35.4 Å². The van der Waals surface area contributed by atoms with Crippen molar-refractivity contribution in [3.8, 4) is 17.2 Å². The molecule has 170 valence electrons. The lowest BCUT2D eigenvalue weighted by molar-refractivity contribution is -0.858. The fourth-order valence-electron chi connectivity index (χ4n) is 3.88. The number of likely N-dealkylation sites (tertiary alicyclic amines) is 1. The maximum Gasteiger partial charge on any atom is 0.295 e. The first-order valence-electron chi connectivity index (χ1n) is 10.3. The molecule has 0 saturated carbocycles. The van der Waals surface area contributed by atoms with Crippen LogP contribution in [0.2, 0.25) is 0 Å². The Bertz CT molecular complexity index is 1050. The van der Waals surface area contributed by atoms with E-state index in [-0.39, 0.29) is 16.9 Å². The molecule has 0 bridgehead atoms. The van der Waals surface area contributed by atoms with Crippen LogP contribution in [0.4, 0.5) is 0 Å². The van der Waals surface area contributed by atoms with E-state index in [2.05, 4.69) is 0 Å². The number of quaternary nitrogens is 1. The lowest BCUT2D eigenvalue weighted by Crippen LogP contribution is -3.05. The summed E-state index contributed by atoms with van der Waals surface area (Å²) < 4.78 is 10.5. The summed E-state index contributed by atoms with van der Waals surface area (Å²) in [5.41, 5.74) is 0.582. The molecule has 8 nitrogen and oxygen atoms in total. The van der Waals surface area contributed by atoms with Crippen molar-refractivity contribution < 1.29 is 34.2 Å². The summed E-state index contributed by atoms with van der Waals surface area (Å²) in [4.78, 5) is 28.5. The zero-order valence-corrected chi connectivity index (χ0v) is 18.7. The fourth-order valence-corrected chi connectivity index (χ4v) is 3.88. The Balaban J connectivity index is 2.12. The van der Waals surface area contributed by atoms with E-state index in [9.17, 15) is 19.8 Å². The van der Waals surface area contributed by atoms with E-state index in [0.29, 0.717) is 30.0 Å². The highest BCUT2D eigenvalue weighted by atomic mass is 16.5. The Morgan fingerprint density at radius 1 is 1.09 bits per heavy atom. The van der Waals surface area contributed by atoms with Gasteiger partial charge in [-0.2, -0.15) is 0 Å². The Hall–Kier alpha value is -3.52. The van der Waals surface area contributed by atoms with Crippen molar-refractivity contribution in [2.24, 2.45) is 0 Å². The van der Waals surface area contributed by atoms with Crippen LogP contribution in [0.25, 0.3) is 5.76 Å². The molecule has 0 radical (unpaired) electrons. The van der Waals surface area contributed by atoms with E-state index in [4.69, 9.17) is 9.47 Å². The SMILES string of the molecule is COc1ccc(/C([O-])=C2\C(=O)C(=O)N(CCC[NH+](C)C)C2c2cccc(O)c2)cc1OC. The van der Waals surface area contributed by atoms with Gasteiger partial charge in [0.15, 0.2) is 11.5 Å². The number of ether oxygens (including phenoxy) is 2. The number of phenols is 1. The minimum Gasteiger partial charge on any atom is -0.872 e. The molecular weight excluding hydrogens is 412 g/mol. The second-order valence-corrected chi connectivity index (χ2v) is 7.95. The van der Waals surface area contributed by atoms with E-state index in [1.165, 1.54) is 48.3 Å². The molecule has 0 aromatic heterocycles. The summed E-state index contributed by atoms with van der Waals surface area (Å²) in [5, 5.41) is 23.5. The Labute approximate surface area is 187 Å². The van der Waals surface area contributed by atoms with Crippen LogP contribution in [0.1, 0.15) is 23.6 Å². The predicted octanol–water partition coefficient (Wildman–Crippen LogP) is 0.168. The van der Waals surface area contributed by atoms with Crippen LogP contribution in [0, 0.1) is 0 Å². The highest BCUT2D eigenvalue weighted by Crippen LogP contribution is 2.40. The van der Waals surface area contributed by atoms with Crippen molar-refractivity contribution in [2.45, 2.75) is 12.5 Å². The smallest absolute Gasteiger partial charge is 0.295 e. The molecule has 1 aliphatic heterocycles. The third-order valence-electron chi connectivity index (χ3n) is 5.44. The van der Waals surface area contributed by atoms with Crippen LogP contribution in [0.15, 0.2) is 48.0 Å². The van der Waals surface area contributed by atoms with E-state index < -0.39 is 23.5 Å². The molecule has 1 aliphatic rings. The van der Waals surface area contributed by atoms with Crippen molar-refractivity contribution in [3.63, 3.8) is 0 Å².